The largest absolute Gasteiger partial charge is 0.497 e. The Morgan fingerprint density at radius 1 is 1.08 bits per heavy atom. The Labute approximate surface area is 145 Å². The molecule has 0 spiro atoms. The molecular weight excluding hydrogens is 322 g/mol. The number of ether oxygens (including phenoxy) is 1. The van der Waals surface area contributed by atoms with Crippen LogP contribution in [0, 0.1) is 0 Å². The molecule has 0 atom stereocenters. The third-order valence-electron chi connectivity index (χ3n) is 3.59. The standard InChI is InChI=1S/C19H16ClN3O/c1-24-14-8-9-16(17(21)11-14)15-6-3-2-5-13(15)12-23-18-7-4-10-22-19(18)20/h2-12H,21H2,1H3. The quantitative estimate of drug-likeness (QED) is 0.425. The van der Waals surface area contributed by atoms with Crippen LogP contribution in [0.15, 0.2) is 65.8 Å². The molecule has 0 radical (unpaired) electrons. The molecular formula is C19H16ClN3O. The first kappa shape index (κ1) is 16.0. The fourth-order valence-electron chi connectivity index (χ4n) is 2.38. The highest BCUT2D eigenvalue weighted by atomic mass is 35.5. The van der Waals surface area contributed by atoms with Crippen molar-refractivity contribution in [1.82, 2.24) is 4.98 Å². The Morgan fingerprint density at radius 3 is 2.67 bits per heavy atom. The van der Waals surface area contributed by atoms with Crippen molar-refractivity contribution in [3.05, 3.63) is 71.5 Å². The van der Waals surface area contributed by atoms with E-state index in [1.807, 2.05) is 42.5 Å². The molecule has 0 aliphatic heterocycles. The second-order valence-corrected chi connectivity index (χ2v) is 5.47. The van der Waals surface area contributed by atoms with Gasteiger partial charge in [-0.1, -0.05) is 35.9 Å². The van der Waals surface area contributed by atoms with E-state index >= 15 is 0 Å². The van der Waals surface area contributed by atoms with Crippen molar-refractivity contribution < 1.29 is 4.74 Å². The number of rotatable bonds is 4. The first-order chi connectivity index (χ1) is 11.7. The Hall–Kier alpha value is -2.85. The van der Waals surface area contributed by atoms with Gasteiger partial charge < -0.3 is 10.5 Å². The smallest absolute Gasteiger partial charge is 0.154 e. The number of pyridine rings is 1. The molecule has 2 aromatic carbocycles. The van der Waals surface area contributed by atoms with Gasteiger partial charge in [-0.05, 0) is 29.8 Å². The molecule has 0 amide bonds. The van der Waals surface area contributed by atoms with Gasteiger partial charge in [0, 0.05) is 35.3 Å². The number of nitrogens with zero attached hydrogens (tertiary/aromatic N) is 2. The normalized spacial score (nSPS) is 10.9. The lowest BCUT2D eigenvalue weighted by atomic mass is 9.98. The Morgan fingerprint density at radius 2 is 1.92 bits per heavy atom. The van der Waals surface area contributed by atoms with Gasteiger partial charge >= 0.3 is 0 Å². The molecule has 0 fully saturated rings. The van der Waals surface area contributed by atoms with E-state index in [4.69, 9.17) is 22.1 Å². The number of methoxy groups -OCH3 is 1. The van der Waals surface area contributed by atoms with E-state index in [2.05, 4.69) is 9.98 Å². The molecule has 0 saturated carbocycles. The Kier molecular flexibility index (Phi) is 4.77. The second kappa shape index (κ2) is 7.15. The molecule has 1 heterocycles. The predicted molar refractivity (Wildman–Crippen MR) is 99.3 cm³/mol. The van der Waals surface area contributed by atoms with Crippen LogP contribution in [0.1, 0.15) is 5.56 Å². The van der Waals surface area contributed by atoms with Crippen molar-refractivity contribution in [3.8, 4) is 16.9 Å². The van der Waals surface area contributed by atoms with Crippen LogP contribution in [-0.4, -0.2) is 18.3 Å². The predicted octanol–water partition coefficient (Wildman–Crippen LogP) is 4.74. The summed E-state index contributed by atoms with van der Waals surface area (Å²) in [5, 5.41) is 0.371. The minimum atomic E-state index is 0.371. The molecule has 0 bridgehead atoms. The summed E-state index contributed by atoms with van der Waals surface area (Å²) in [4.78, 5) is 8.46. The maximum absolute atomic E-state index is 6.17. The van der Waals surface area contributed by atoms with Crippen LogP contribution >= 0.6 is 11.6 Å². The van der Waals surface area contributed by atoms with Crippen molar-refractivity contribution in [1.29, 1.82) is 0 Å². The van der Waals surface area contributed by atoms with Crippen LogP contribution in [0.4, 0.5) is 11.4 Å². The summed E-state index contributed by atoms with van der Waals surface area (Å²) >= 11 is 6.05. The van der Waals surface area contributed by atoms with Crippen molar-refractivity contribution >= 4 is 29.2 Å². The molecule has 3 aromatic rings. The van der Waals surface area contributed by atoms with Crippen LogP contribution in [-0.2, 0) is 0 Å². The summed E-state index contributed by atoms with van der Waals surface area (Å²) in [5.74, 6) is 0.726. The van der Waals surface area contributed by atoms with Crippen LogP contribution in [0.25, 0.3) is 11.1 Å². The van der Waals surface area contributed by atoms with E-state index < -0.39 is 0 Å². The molecule has 120 valence electrons. The van der Waals surface area contributed by atoms with Crippen molar-refractivity contribution in [2.24, 2.45) is 4.99 Å². The number of hydrogen-bond donors (Lipinski definition) is 1. The van der Waals surface area contributed by atoms with Gasteiger partial charge in [0.05, 0.1) is 7.11 Å². The van der Waals surface area contributed by atoms with E-state index in [0.717, 1.165) is 22.4 Å². The average molecular weight is 338 g/mol. The summed E-state index contributed by atoms with van der Waals surface area (Å²) < 4.78 is 5.21. The van der Waals surface area contributed by atoms with E-state index in [0.29, 0.717) is 16.5 Å². The summed E-state index contributed by atoms with van der Waals surface area (Å²) in [5.41, 5.74) is 10.3. The number of halogens is 1. The average Bonchev–Trinajstić information content (AvgIpc) is 2.61. The zero-order chi connectivity index (χ0) is 16.9. The summed E-state index contributed by atoms with van der Waals surface area (Å²) in [6.07, 6.45) is 3.40. The van der Waals surface area contributed by atoms with Crippen LogP contribution in [0.3, 0.4) is 0 Å². The number of nitrogens with two attached hydrogens (primary N) is 1. The zero-order valence-corrected chi connectivity index (χ0v) is 13.9. The van der Waals surface area contributed by atoms with E-state index in [1.54, 1.807) is 31.7 Å². The second-order valence-electron chi connectivity index (χ2n) is 5.11. The maximum Gasteiger partial charge on any atom is 0.154 e. The monoisotopic (exact) mass is 337 g/mol. The third-order valence-corrected chi connectivity index (χ3v) is 3.88. The fourth-order valence-corrected chi connectivity index (χ4v) is 2.55. The molecule has 5 heteroatoms. The molecule has 0 unspecified atom stereocenters. The van der Waals surface area contributed by atoms with Gasteiger partial charge in [-0.25, -0.2) is 4.98 Å². The highest BCUT2D eigenvalue weighted by Crippen LogP contribution is 2.31. The Balaban J connectivity index is 2.01. The SMILES string of the molecule is COc1ccc(-c2ccccc2C=Nc2cccnc2Cl)c(N)c1. The number of aromatic nitrogens is 1. The lowest BCUT2D eigenvalue weighted by Gasteiger charge is -2.10. The topological polar surface area (TPSA) is 60.5 Å². The minimum Gasteiger partial charge on any atom is -0.497 e. The van der Waals surface area contributed by atoms with Crippen LogP contribution in [0.2, 0.25) is 5.15 Å². The van der Waals surface area contributed by atoms with E-state index in [9.17, 15) is 0 Å². The van der Waals surface area contributed by atoms with Gasteiger partial charge in [-0.2, -0.15) is 0 Å². The van der Waals surface area contributed by atoms with Crippen LogP contribution < -0.4 is 10.5 Å². The lowest BCUT2D eigenvalue weighted by Crippen LogP contribution is -1.95. The van der Waals surface area contributed by atoms with E-state index in [1.165, 1.54) is 0 Å². The number of hydrogen-bond acceptors (Lipinski definition) is 4. The van der Waals surface area contributed by atoms with E-state index in [-0.39, 0.29) is 0 Å². The van der Waals surface area contributed by atoms with Gasteiger partial charge in [0.15, 0.2) is 5.15 Å². The van der Waals surface area contributed by atoms with Crippen molar-refractivity contribution in [2.45, 2.75) is 0 Å². The molecule has 3 rings (SSSR count). The summed E-state index contributed by atoms with van der Waals surface area (Å²) in [6, 6.07) is 17.2. The first-order valence-corrected chi connectivity index (χ1v) is 7.74. The molecule has 0 saturated heterocycles. The number of anilines is 1. The van der Waals surface area contributed by atoms with Gasteiger partial charge in [-0.3, -0.25) is 4.99 Å². The summed E-state index contributed by atoms with van der Waals surface area (Å²) in [7, 11) is 1.62. The van der Waals surface area contributed by atoms with Gasteiger partial charge in [0.25, 0.3) is 0 Å². The van der Waals surface area contributed by atoms with Gasteiger partial charge in [0.2, 0.25) is 0 Å². The van der Waals surface area contributed by atoms with Crippen LogP contribution in [0.5, 0.6) is 5.75 Å². The highest BCUT2D eigenvalue weighted by Gasteiger charge is 2.08. The molecule has 0 aliphatic carbocycles. The molecule has 0 aliphatic rings. The fraction of sp³-hybridized carbons (Fsp3) is 0.0526. The molecule has 24 heavy (non-hydrogen) atoms. The zero-order valence-electron chi connectivity index (χ0n) is 13.1. The number of nitrogen functional groups attached to an aromatic ring is 1. The molecule has 4 nitrogen and oxygen atoms in total. The summed E-state index contributed by atoms with van der Waals surface area (Å²) in [6.45, 7) is 0. The van der Waals surface area contributed by atoms with Gasteiger partial charge in [-0.15, -0.1) is 0 Å². The third kappa shape index (κ3) is 3.39. The molecule has 1 aromatic heterocycles. The maximum atomic E-state index is 6.17. The lowest BCUT2D eigenvalue weighted by molar-refractivity contribution is 0.415. The highest BCUT2D eigenvalue weighted by molar-refractivity contribution is 6.31. The number of benzene rings is 2. The number of aliphatic imine (C=N–C) groups is 1. The van der Waals surface area contributed by atoms with Gasteiger partial charge in [0.1, 0.15) is 11.4 Å². The first-order valence-electron chi connectivity index (χ1n) is 7.36. The molecule has 2 N–H and O–H groups in total. The van der Waals surface area contributed by atoms with Crippen molar-refractivity contribution in [2.75, 3.05) is 12.8 Å². The van der Waals surface area contributed by atoms with Crippen molar-refractivity contribution in [3.63, 3.8) is 0 Å². The Bertz CT molecular complexity index is 893. The minimum absolute atomic E-state index is 0.371.